The number of hydrazone groups is 1. The average Bonchev–Trinajstić information content (AvgIpc) is 3.25. The molecule has 1 saturated carbocycles. The maximum atomic E-state index is 12.5. The van der Waals surface area contributed by atoms with Crippen molar-refractivity contribution < 1.29 is 23.8 Å². The lowest BCUT2D eigenvalue weighted by molar-refractivity contribution is -0.187. The standard InChI is InChI=1S/C15H18N2O5/c1-4-22-15(12(19)21-3)14-8-6-5-7-13(14,9-14)10(16-17-15)11(18)20-2/h5-8,17H,4,9H2,1-3H3. The Kier molecular flexibility index (Phi) is 3.14. The largest absolute Gasteiger partial charge is 0.465 e. The first-order valence-electron chi connectivity index (χ1n) is 7.06. The van der Waals surface area contributed by atoms with E-state index < -0.39 is 28.5 Å². The summed E-state index contributed by atoms with van der Waals surface area (Å²) in [5, 5.41) is 4.12. The van der Waals surface area contributed by atoms with Crippen molar-refractivity contribution in [3.8, 4) is 0 Å². The monoisotopic (exact) mass is 306 g/mol. The first-order chi connectivity index (χ1) is 10.5. The summed E-state index contributed by atoms with van der Waals surface area (Å²) in [6, 6.07) is 0. The second-order valence-corrected chi connectivity index (χ2v) is 5.51. The van der Waals surface area contributed by atoms with Gasteiger partial charge in [-0.3, -0.25) is 5.43 Å². The van der Waals surface area contributed by atoms with Gasteiger partial charge < -0.3 is 14.2 Å². The van der Waals surface area contributed by atoms with Crippen LogP contribution in [0.15, 0.2) is 29.4 Å². The zero-order valence-corrected chi connectivity index (χ0v) is 12.7. The van der Waals surface area contributed by atoms with Gasteiger partial charge in [-0.1, -0.05) is 24.3 Å². The average molecular weight is 306 g/mol. The lowest BCUT2D eigenvalue weighted by atomic mass is 9.76. The molecule has 7 nitrogen and oxygen atoms in total. The van der Waals surface area contributed by atoms with Gasteiger partial charge in [-0.05, 0) is 13.3 Å². The van der Waals surface area contributed by atoms with E-state index in [4.69, 9.17) is 14.2 Å². The number of nitrogens with one attached hydrogen (secondary N) is 1. The van der Waals surface area contributed by atoms with Crippen LogP contribution in [0.2, 0.25) is 0 Å². The Morgan fingerprint density at radius 2 is 2.00 bits per heavy atom. The summed E-state index contributed by atoms with van der Waals surface area (Å²) in [6.07, 6.45) is 7.94. The molecule has 0 bridgehead atoms. The fourth-order valence-electron chi connectivity index (χ4n) is 3.65. The van der Waals surface area contributed by atoms with Crippen molar-refractivity contribution in [3.63, 3.8) is 0 Å². The van der Waals surface area contributed by atoms with E-state index in [1.807, 2.05) is 24.3 Å². The third kappa shape index (κ3) is 1.46. The smallest absolute Gasteiger partial charge is 0.361 e. The molecule has 2 aliphatic carbocycles. The Morgan fingerprint density at radius 1 is 1.27 bits per heavy atom. The lowest BCUT2D eigenvalue weighted by Gasteiger charge is -2.42. The summed E-state index contributed by atoms with van der Waals surface area (Å²) in [6.45, 7) is 2.08. The third-order valence-corrected chi connectivity index (χ3v) is 4.69. The minimum atomic E-state index is -1.45. The van der Waals surface area contributed by atoms with Gasteiger partial charge in [-0.25, -0.2) is 9.59 Å². The van der Waals surface area contributed by atoms with E-state index in [1.54, 1.807) is 6.92 Å². The van der Waals surface area contributed by atoms with Crippen molar-refractivity contribution in [2.45, 2.75) is 19.1 Å². The number of hydrogen-bond acceptors (Lipinski definition) is 7. The van der Waals surface area contributed by atoms with Gasteiger partial charge in [0, 0.05) is 6.61 Å². The number of esters is 2. The summed E-state index contributed by atoms with van der Waals surface area (Å²) in [5.74, 6) is -1.09. The minimum absolute atomic E-state index is 0.245. The molecule has 0 saturated heterocycles. The van der Waals surface area contributed by atoms with Crippen molar-refractivity contribution >= 4 is 17.7 Å². The molecule has 0 aromatic heterocycles. The Labute approximate surface area is 128 Å². The maximum Gasteiger partial charge on any atom is 0.361 e. The first-order valence-corrected chi connectivity index (χ1v) is 7.06. The van der Waals surface area contributed by atoms with Crippen LogP contribution in [0.4, 0.5) is 0 Å². The molecule has 1 heterocycles. The summed E-state index contributed by atoms with van der Waals surface area (Å²) >= 11 is 0. The SMILES string of the molecule is CCOC1(C(=O)OC)NN=C(C(=O)OC)C23C=CC=CC21C3. The molecule has 7 heteroatoms. The molecule has 1 aliphatic heterocycles. The van der Waals surface area contributed by atoms with E-state index in [0.29, 0.717) is 13.0 Å². The Bertz CT molecular complexity index is 625. The van der Waals surface area contributed by atoms with Gasteiger partial charge in [0.1, 0.15) is 0 Å². The van der Waals surface area contributed by atoms with Gasteiger partial charge >= 0.3 is 11.9 Å². The van der Waals surface area contributed by atoms with Gasteiger partial charge in [0.25, 0.3) is 5.72 Å². The number of methoxy groups -OCH3 is 2. The summed E-state index contributed by atoms with van der Waals surface area (Å²) in [7, 11) is 2.60. The Balaban J connectivity index is 2.16. The van der Waals surface area contributed by atoms with Crippen molar-refractivity contribution in [1.82, 2.24) is 5.43 Å². The van der Waals surface area contributed by atoms with Crippen LogP contribution >= 0.6 is 0 Å². The second-order valence-electron chi connectivity index (χ2n) is 5.51. The van der Waals surface area contributed by atoms with Crippen molar-refractivity contribution in [2.24, 2.45) is 15.9 Å². The molecule has 0 amide bonds. The molecule has 3 aliphatic rings. The van der Waals surface area contributed by atoms with Gasteiger partial charge in [0.15, 0.2) is 5.71 Å². The molecule has 0 radical (unpaired) electrons. The molecular weight excluding hydrogens is 288 g/mol. The Morgan fingerprint density at radius 3 is 2.64 bits per heavy atom. The zero-order chi connectivity index (χ0) is 16.0. The topological polar surface area (TPSA) is 86.2 Å². The van der Waals surface area contributed by atoms with Crippen LogP contribution in [0.25, 0.3) is 0 Å². The molecular formula is C15H18N2O5. The van der Waals surface area contributed by atoms with Crippen LogP contribution < -0.4 is 5.43 Å². The number of carbonyl (C=O) groups excluding carboxylic acids is 2. The van der Waals surface area contributed by atoms with E-state index in [9.17, 15) is 9.59 Å². The normalized spacial score (nSPS) is 37.3. The van der Waals surface area contributed by atoms with E-state index >= 15 is 0 Å². The highest BCUT2D eigenvalue weighted by Gasteiger charge is 2.83. The van der Waals surface area contributed by atoms with Crippen molar-refractivity contribution in [3.05, 3.63) is 24.3 Å². The van der Waals surface area contributed by atoms with E-state index in [2.05, 4.69) is 10.5 Å². The van der Waals surface area contributed by atoms with Gasteiger partial charge in [0.2, 0.25) is 0 Å². The predicted octanol–water partition coefficient (Wildman–Crippen LogP) is 0.527. The van der Waals surface area contributed by atoms with E-state index in [1.165, 1.54) is 14.2 Å². The van der Waals surface area contributed by atoms with Crippen LogP contribution in [-0.2, 0) is 23.8 Å². The molecule has 0 aromatic carbocycles. The fourth-order valence-corrected chi connectivity index (χ4v) is 3.65. The quantitative estimate of drug-likeness (QED) is 0.762. The highest BCUT2D eigenvalue weighted by Crippen LogP contribution is 2.74. The van der Waals surface area contributed by atoms with Crippen LogP contribution in [0, 0.1) is 10.8 Å². The predicted molar refractivity (Wildman–Crippen MR) is 76.7 cm³/mol. The molecule has 22 heavy (non-hydrogen) atoms. The summed E-state index contributed by atoms with van der Waals surface area (Å²) < 4.78 is 15.5. The van der Waals surface area contributed by atoms with Crippen LogP contribution in [0.1, 0.15) is 13.3 Å². The van der Waals surface area contributed by atoms with Crippen LogP contribution in [0.5, 0.6) is 0 Å². The summed E-state index contributed by atoms with van der Waals surface area (Å²) in [5.41, 5.74) is 0.0752. The van der Waals surface area contributed by atoms with Gasteiger partial charge in [-0.15, -0.1) is 0 Å². The maximum absolute atomic E-state index is 12.5. The number of ether oxygens (including phenoxy) is 3. The molecule has 3 rings (SSSR count). The highest BCUT2D eigenvalue weighted by molar-refractivity contribution is 6.40. The minimum Gasteiger partial charge on any atom is -0.465 e. The number of allylic oxidation sites excluding steroid dienone is 3. The number of nitrogens with zero attached hydrogens (tertiary/aromatic N) is 1. The van der Waals surface area contributed by atoms with Crippen molar-refractivity contribution in [2.75, 3.05) is 20.8 Å². The molecule has 0 aromatic rings. The van der Waals surface area contributed by atoms with Gasteiger partial charge in [0.05, 0.1) is 25.0 Å². The first kappa shape index (κ1) is 14.8. The molecule has 3 atom stereocenters. The molecule has 3 unspecified atom stereocenters. The molecule has 1 fully saturated rings. The fraction of sp³-hybridized carbons (Fsp3) is 0.533. The number of hydrogen-bond donors (Lipinski definition) is 1. The Hall–Kier alpha value is -2.15. The van der Waals surface area contributed by atoms with Crippen LogP contribution in [0.3, 0.4) is 0 Å². The molecule has 118 valence electrons. The van der Waals surface area contributed by atoms with Crippen LogP contribution in [-0.4, -0.2) is 44.2 Å². The van der Waals surface area contributed by atoms with Crippen molar-refractivity contribution in [1.29, 1.82) is 0 Å². The zero-order valence-electron chi connectivity index (χ0n) is 12.7. The number of rotatable bonds is 4. The summed E-state index contributed by atoms with van der Waals surface area (Å²) in [4.78, 5) is 24.5. The van der Waals surface area contributed by atoms with E-state index in [-0.39, 0.29) is 5.71 Å². The highest BCUT2D eigenvalue weighted by atomic mass is 16.6. The second kappa shape index (κ2) is 4.67. The molecule has 1 N–H and O–H groups in total. The number of carbonyl (C=O) groups is 2. The third-order valence-electron chi connectivity index (χ3n) is 4.69. The molecule has 0 spiro atoms. The lowest BCUT2D eigenvalue weighted by Crippen LogP contribution is -2.64. The van der Waals surface area contributed by atoms with E-state index in [0.717, 1.165) is 0 Å². The van der Waals surface area contributed by atoms with Gasteiger partial charge in [-0.2, -0.15) is 5.10 Å².